The molecule has 1 unspecified atom stereocenters. The van der Waals surface area contributed by atoms with Gasteiger partial charge in [-0.15, -0.1) is 0 Å². The van der Waals surface area contributed by atoms with E-state index in [0.29, 0.717) is 12.4 Å². The Morgan fingerprint density at radius 3 is 2.50 bits per heavy atom. The Morgan fingerprint density at radius 2 is 2.00 bits per heavy atom. The quantitative estimate of drug-likeness (QED) is 0.633. The lowest BCUT2D eigenvalue weighted by atomic mass is 9.76. The topological polar surface area (TPSA) is 26.3 Å². The van der Waals surface area contributed by atoms with Gasteiger partial charge in [-0.3, -0.25) is 4.79 Å². The molecule has 1 aliphatic carbocycles. The third kappa shape index (κ3) is 2.73. The first kappa shape index (κ1) is 11.5. The molecule has 0 bridgehead atoms. The van der Waals surface area contributed by atoms with E-state index < -0.39 is 0 Å². The van der Waals surface area contributed by atoms with E-state index in [2.05, 4.69) is 13.8 Å². The van der Waals surface area contributed by atoms with Crippen LogP contribution < -0.4 is 0 Å². The molecule has 0 saturated heterocycles. The standard InChI is InChI=1S/C12H22O2/c1-3-9-12(2,14-10-13)11-7-5-4-6-8-11/h10-11H,3-9H2,1-2H3. The van der Waals surface area contributed by atoms with E-state index in [1.54, 1.807) is 0 Å². The molecule has 1 aliphatic rings. The van der Waals surface area contributed by atoms with Gasteiger partial charge in [-0.25, -0.2) is 0 Å². The van der Waals surface area contributed by atoms with Crippen LogP contribution in [0.1, 0.15) is 58.8 Å². The third-order valence-electron chi connectivity index (χ3n) is 3.53. The lowest BCUT2D eigenvalue weighted by molar-refractivity contribution is -0.150. The summed E-state index contributed by atoms with van der Waals surface area (Å²) < 4.78 is 5.33. The minimum absolute atomic E-state index is 0.197. The van der Waals surface area contributed by atoms with Gasteiger partial charge in [-0.05, 0) is 32.1 Å². The van der Waals surface area contributed by atoms with Gasteiger partial charge in [0.15, 0.2) is 0 Å². The number of carbonyl (C=O) groups excluding carboxylic acids is 1. The normalized spacial score (nSPS) is 22.7. The van der Waals surface area contributed by atoms with Crippen LogP contribution in [0.4, 0.5) is 0 Å². The van der Waals surface area contributed by atoms with E-state index in [4.69, 9.17) is 4.74 Å². The predicted octanol–water partition coefficient (Wildman–Crippen LogP) is 3.30. The molecule has 1 saturated carbocycles. The Bertz CT molecular complexity index is 173. The van der Waals surface area contributed by atoms with Crippen molar-refractivity contribution in [2.45, 2.75) is 64.4 Å². The monoisotopic (exact) mass is 198 g/mol. The molecule has 0 aromatic heterocycles. The van der Waals surface area contributed by atoms with E-state index in [0.717, 1.165) is 12.8 Å². The van der Waals surface area contributed by atoms with Gasteiger partial charge in [-0.2, -0.15) is 0 Å². The highest BCUT2D eigenvalue weighted by Crippen LogP contribution is 2.37. The smallest absolute Gasteiger partial charge is 0.293 e. The fourth-order valence-corrected chi connectivity index (χ4v) is 2.68. The molecule has 0 aromatic carbocycles. The van der Waals surface area contributed by atoms with Crippen LogP contribution in [-0.4, -0.2) is 12.1 Å². The van der Waals surface area contributed by atoms with E-state index >= 15 is 0 Å². The lowest BCUT2D eigenvalue weighted by Crippen LogP contribution is -2.38. The molecule has 0 radical (unpaired) electrons. The summed E-state index contributed by atoms with van der Waals surface area (Å²) >= 11 is 0. The lowest BCUT2D eigenvalue weighted by Gasteiger charge is -2.38. The minimum atomic E-state index is -0.197. The highest BCUT2D eigenvalue weighted by molar-refractivity contribution is 5.38. The van der Waals surface area contributed by atoms with Gasteiger partial charge >= 0.3 is 0 Å². The van der Waals surface area contributed by atoms with Crippen molar-refractivity contribution in [3.05, 3.63) is 0 Å². The Kier molecular flexibility index (Phi) is 4.43. The van der Waals surface area contributed by atoms with Crippen molar-refractivity contribution < 1.29 is 9.53 Å². The summed E-state index contributed by atoms with van der Waals surface area (Å²) in [6.07, 6.45) is 8.48. The summed E-state index contributed by atoms with van der Waals surface area (Å²) in [6.45, 7) is 4.88. The zero-order valence-corrected chi connectivity index (χ0v) is 9.42. The van der Waals surface area contributed by atoms with Gasteiger partial charge in [-0.1, -0.05) is 32.6 Å². The fraction of sp³-hybridized carbons (Fsp3) is 0.917. The molecule has 14 heavy (non-hydrogen) atoms. The van der Waals surface area contributed by atoms with Crippen LogP contribution in [0.25, 0.3) is 0 Å². The van der Waals surface area contributed by atoms with Crippen LogP contribution >= 0.6 is 0 Å². The van der Waals surface area contributed by atoms with Crippen LogP contribution in [0.3, 0.4) is 0 Å². The summed E-state index contributed by atoms with van der Waals surface area (Å²) in [5, 5.41) is 0. The zero-order chi connectivity index (χ0) is 10.4. The summed E-state index contributed by atoms with van der Waals surface area (Å²) in [6, 6.07) is 0. The first-order valence-corrected chi connectivity index (χ1v) is 5.84. The highest BCUT2D eigenvalue weighted by Gasteiger charge is 2.35. The molecule has 2 nitrogen and oxygen atoms in total. The van der Waals surface area contributed by atoms with E-state index in [1.807, 2.05) is 0 Å². The van der Waals surface area contributed by atoms with Gasteiger partial charge in [0.1, 0.15) is 5.60 Å². The summed E-state index contributed by atoms with van der Waals surface area (Å²) in [5.41, 5.74) is -0.197. The number of rotatable bonds is 5. The number of hydrogen-bond acceptors (Lipinski definition) is 2. The number of carbonyl (C=O) groups is 1. The van der Waals surface area contributed by atoms with Crippen molar-refractivity contribution in [3.8, 4) is 0 Å². The van der Waals surface area contributed by atoms with Crippen molar-refractivity contribution in [1.82, 2.24) is 0 Å². The molecule has 0 spiro atoms. The van der Waals surface area contributed by atoms with Crippen LogP contribution in [0, 0.1) is 5.92 Å². The maximum atomic E-state index is 10.5. The molecule has 82 valence electrons. The van der Waals surface area contributed by atoms with Crippen molar-refractivity contribution in [3.63, 3.8) is 0 Å². The van der Waals surface area contributed by atoms with Crippen LogP contribution in [0.2, 0.25) is 0 Å². The van der Waals surface area contributed by atoms with Crippen molar-refractivity contribution >= 4 is 6.47 Å². The first-order valence-electron chi connectivity index (χ1n) is 5.84. The molecule has 0 amide bonds. The van der Waals surface area contributed by atoms with E-state index in [9.17, 15) is 4.79 Å². The van der Waals surface area contributed by atoms with Crippen LogP contribution in [-0.2, 0) is 9.53 Å². The molecule has 0 N–H and O–H groups in total. The molecule has 0 aliphatic heterocycles. The van der Waals surface area contributed by atoms with Crippen LogP contribution in [0.5, 0.6) is 0 Å². The Hall–Kier alpha value is -0.530. The SMILES string of the molecule is CCCC(C)(OC=O)C1CCCCC1. The Morgan fingerprint density at radius 1 is 1.36 bits per heavy atom. The van der Waals surface area contributed by atoms with Crippen molar-refractivity contribution in [2.24, 2.45) is 5.92 Å². The minimum Gasteiger partial charge on any atom is -0.461 e. The van der Waals surface area contributed by atoms with Crippen molar-refractivity contribution in [1.29, 1.82) is 0 Å². The maximum Gasteiger partial charge on any atom is 0.293 e. The van der Waals surface area contributed by atoms with Gasteiger partial charge in [0.25, 0.3) is 6.47 Å². The number of hydrogen-bond donors (Lipinski definition) is 0. The fourth-order valence-electron chi connectivity index (χ4n) is 2.68. The van der Waals surface area contributed by atoms with Crippen LogP contribution in [0.15, 0.2) is 0 Å². The van der Waals surface area contributed by atoms with Crippen molar-refractivity contribution in [2.75, 3.05) is 0 Å². The highest BCUT2D eigenvalue weighted by atomic mass is 16.5. The molecule has 0 aromatic rings. The van der Waals surface area contributed by atoms with Gasteiger partial charge in [0.2, 0.25) is 0 Å². The second kappa shape index (κ2) is 5.38. The third-order valence-corrected chi connectivity index (χ3v) is 3.53. The molecule has 1 fully saturated rings. The first-order chi connectivity index (χ1) is 6.73. The molecule has 0 heterocycles. The summed E-state index contributed by atoms with van der Waals surface area (Å²) in [4.78, 5) is 10.5. The Labute approximate surface area is 87.0 Å². The molecule has 2 heteroatoms. The number of ether oxygens (including phenoxy) is 1. The largest absolute Gasteiger partial charge is 0.461 e. The summed E-state index contributed by atoms with van der Waals surface area (Å²) in [7, 11) is 0. The average Bonchev–Trinajstić information content (AvgIpc) is 2.20. The molecule has 1 rings (SSSR count). The van der Waals surface area contributed by atoms with E-state index in [1.165, 1.54) is 32.1 Å². The zero-order valence-electron chi connectivity index (χ0n) is 9.42. The predicted molar refractivity (Wildman–Crippen MR) is 57.0 cm³/mol. The van der Waals surface area contributed by atoms with Gasteiger partial charge in [0, 0.05) is 0 Å². The second-order valence-corrected chi connectivity index (χ2v) is 4.61. The maximum absolute atomic E-state index is 10.5. The Balaban J connectivity index is 2.58. The molecule has 1 atom stereocenters. The summed E-state index contributed by atoms with van der Waals surface area (Å²) in [5.74, 6) is 0.585. The van der Waals surface area contributed by atoms with E-state index in [-0.39, 0.29) is 5.60 Å². The van der Waals surface area contributed by atoms with Gasteiger partial charge < -0.3 is 4.74 Å². The molecular weight excluding hydrogens is 176 g/mol. The van der Waals surface area contributed by atoms with Gasteiger partial charge in [0.05, 0.1) is 0 Å². The second-order valence-electron chi connectivity index (χ2n) is 4.61. The molecular formula is C12H22O2. The average molecular weight is 198 g/mol.